The quantitative estimate of drug-likeness (QED) is 0.511. The third kappa shape index (κ3) is 1.63. The van der Waals surface area contributed by atoms with E-state index in [-0.39, 0.29) is 16.5 Å². The fourth-order valence-corrected chi connectivity index (χ4v) is 5.82. The van der Waals surface area contributed by atoms with Crippen LogP contribution in [-0.2, 0) is 4.74 Å². The number of hydrogen-bond donors (Lipinski definition) is 2. The van der Waals surface area contributed by atoms with Gasteiger partial charge in [0, 0.05) is 22.1 Å². The Morgan fingerprint density at radius 3 is 2.30 bits per heavy atom. The zero-order valence-corrected chi connectivity index (χ0v) is 14.8. The molecule has 116 valence electrons. The molecule has 0 unspecified atom stereocenters. The van der Waals surface area contributed by atoms with Crippen LogP contribution < -0.4 is 0 Å². The van der Waals surface area contributed by atoms with Crippen LogP contribution in [0.1, 0.15) is 47.0 Å². The molecule has 1 spiro atoms. The Hall–Kier alpha value is 0.650. The molecular formula is C15H24BrClO3. The van der Waals surface area contributed by atoms with E-state index in [1.807, 2.05) is 6.92 Å². The molecule has 0 radical (unpaired) electrons. The van der Waals surface area contributed by atoms with Gasteiger partial charge in [0.2, 0.25) is 0 Å². The monoisotopic (exact) mass is 366 g/mol. The number of aliphatic hydroxyl groups excluding tert-OH is 2. The molecule has 1 heterocycles. The van der Waals surface area contributed by atoms with Crippen molar-refractivity contribution in [3.05, 3.63) is 0 Å². The summed E-state index contributed by atoms with van der Waals surface area (Å²) in [6.45, 7) is 8.16. The maximum Gasteiger partial charge on any atom is 0.101 e. The zero-order chi connectivity index (χ0) is 15.1. The highest BCUT2D eigenvalue weighted by Crippen LogP contribution is 2.71. The first-order valence-electron chi connectivity index (χ1n) is 7.36. The van der Waals surface area contributed by atoms with Crippen molar-refractivity contribution in [3.8, 4) is 0 Å². The molecule has 2 saturated carbocycles. The van der Waals surface area contributed by atoms with Gasteiger partial charge in [-0.15, -0.1) is 11.6 Å². The summed E-state index contributed by atoms with van der Waals surface area (Å²) < 4.78 is 5.97. The van der Waals surface area contributed by atoms with E-state index in [1.54, 1.807) is 0 Å². The summed E-state index contributed by atoms with van der Waals surface area (Å²) in [6, 6.07) is 0. The van der Waals surface area contributed by atoms with E-state index in [0.717, 1.165) is 0 Å². The lowest BCUT2D eigenvalue weighted by atomic mass is 9.45. The Kier molecular flexibility index (Phi) is 3.21. The van der Waals surface area contributed by atoms with Crippen molar-refractivity contribution in [1.82, 2.24) is 0 Å². The third-order valence-electron chi connectivity index (χ3n) is 6.57. The molecule has 3 nitrogen and oxygen atoms in total. The Morgan fingerprint density at radius 1 is 1.10 bits per heavy atom. The molecule has 5 heteroatoms. The molecule has 3 rings (SSSR count). The summed E-state index contributed by atoms with van der Waals surface area (Å²) >= 11 is 10.3. The zero-order valence-electron chi connectivity index (χ0n) is 12.5. The number of halogens is 2. The van der Waals surface area contributed by atoms with Gasteiger partial charge in [-0.05, 0) is 26.7 Å². The summed E-state index contributed by atoms with van der Waals surface area (Å²) in [5.41, 5.74) is -1.23. The van der Waals surface area contributed by atoms with Gasteiger partial charge in [0.15, 0.2) is 0 Å². The van der Waals surface area contributed by atoms with Crippen LogP contribution >= 0.6 is 27.5 Å². The van der Waals surface area contributed by atoms with E-state index >= 15 is 0 Å². The van der Waals surface area contributed by atoms with E-state index in [0.29, 0.717) is 19.3 Å². The summed E-state index contributed by atoms with van der Waals surface area (Å²) in [7, 11) is 0. The maximum atomic E-state index is 11.0. The minimum Gasteiger partial charge on any atom is -0.392 e. The van der Waals surface area contributed by atoms with Crippen molar-refractivity contribution in [1.29, 1.82) is 0 Å². The van der Waals surface area contributed by atoms with Gasteiger partial charge in [0.1, 0.15) is 5.60 Å². The van der Waals surface area contributed by atoms with Crippen molar-refractivity contribution >= 4 is 27.5 Å². The smallest absolute Gasteiger partial charge is 0.101 e. The predicted molar refractivity (Wildman–Crippen MR) is 82.3 cm³/mol. The van der Waals surface area contributed by atoms with Gasteiger partial charge in [0.25, 0.3) is 0 Å². The topological polar surface area (TPSA) is 53.0 Å². The largest absolute Gasteiger partial charge is 0.392 e. The lowest BCUT2D eigenvalue weighted by Gasteiger charge is -2.61. The molecule has 0 aromatic rings. The fraction of sp³-hybridized carbons (Fsp3) is 1.00. The highest BCUT2D eigenvalue weighted by atomic mass is 79.9. The molecule has 2 aliphatic carbocycles. The fourth-order valence-electron chi connectivity index (χ4n) is 4.90. The molecule has 0 aromatic heterocycles. The minimum atomic E-state index is -0.571. The Bertz CT molecular complexity index is 441. The summed E-state index contributed by atoms with van der Waals surface area (Å²) in [4.78, 5) is -0.379. The first kappa shape index (κ1) is 15.5. The molecule has 1 aliphatic heterocycles. The van der Waals surface area contributed by atoms with Gasteiger partial charge in [-0.1, -0.05) is 29.8 Å². The molecule has 3 fully saturated rings. The maximum absolute atomic E-state index is 11.0. The van der Waals surface area contributed by atoms with Crippen LogP contribution in [0.4, 0.5) is 0 Å². The Morgan fingerprint density at radius 2 is 1.70 bits per heavy atom. The standard InChI is InChI=1S/C15H24BrClO3/c1-12(2)9(18)5-11-14(4,20-11)15(12)6-8(16)13(3,17)7-10(15)19/h8-11,18-19H,5-7H2,1-4H3/t8-,9+,10+,11-,13-,14-,15-/m0/s1. The van der Waals surface area contributed by atoms with Crippen LogP contribution in [0.15, 0.2) is 0 Å². The van der Waals surface area contributed by atoms with E-state index in [2.05, 4.69) is 36.7 Å². The van der Waals surface area contributed by atoms with Crippen LogP contribution in [0.25, 0.3) is 0 Å². The number of rotatable bonds is 0. The van der Waals surface area contributed by atoms with Crippen molar-refractivity contribution in [2.75, 3.05) is 0 Å². The number of epoxide rings is 1. The lowest BCUT2D eigenvalue weighted by molar-refractivity contribution is -0.184. The number of hydrogen-bond acceptors (Lipinski definition) is 3. The second kappa shape index (κ2) is 4.14. The first-order chi connectivity index (χ1) is 8.99. The van der Waals surface area contributed by atoms with Crippen LogP contribution in [0.3, 0.4) is 0 Å². The number of alkyl halides is 2. The van der Waals surface area contributed by atoms with Gasteiger partial charge in [-0.2, -0.15) is 0 Å². The van der Waals surface area contributed by atoms with Gasteiger partial charge < -0.3 is 14.9 Å². The number of aliphatic hydroxyl groups is 2. The van der Waals surface area contributed by atoms with Gasteiger partial charge in [-0.25, -0.2) is 0 Å². The summed E-state index contributed by atoms with van der Waals surface area (Å²) in [5, 5.41) is 21.5. The second-order valence-corrected chi connectivity index (χ2v) is 9.80. The van der Waals surface area contributed by atoms with Crippen molar-refractivity contribution in [3.63, 3.8) is 0 Å². The molecule has 20 heavy (non-hydrogen) atoms. The average Bonchev–Trinajstić information content (AvgIpc) is 2.94. The van der Waals surface area contributed by atoms with Crippen molar-refractivity contribution in [2.45, 2.75) is 80.6 Å². The summed E-state index contributed by atoms with van der Waals surface area (Å²) in [5.74, 6) is 0. The van der Waals surface area contributed by atoms with Gasteiger partial charge in [-0.3, -0.25) is 0 Å². The predicted octanol–water partition coefficient (Wildman–Crippen LogP) is 2.84. The molecule has 0 amide bonds. The molecule has 0 bridgehead atoms. The average molecular weight is 368 g/mol. The highest BCUT2D eigenvalue weighted by Gasteiger charge is 2.78. The molecule has 0 aromatic carbocycles. The molecule has 1 saturated heterocycles. The molecule has 7 atom stereocenters. The molecular weight excluding hydrogens is 344 g/mol. The van der Waals surface area contributed by atoms with Gasteiger partial charge >= 0.3 is 0 Å². The second-order valence-electron chi connectivity index (χ2n) is 7.83. The van der Waals surface area contributed by atoms with Crippen molar-refractivity contribution < 1.29 is 14.9 Å². The van der Waals surface area contributed by atoms with Crippen molar-refractivity contribution in [2.24, 2.45) is 10.8 Å². The Labute approximate surface area is 134 Å². The number of fused-ring (bicyclic) bond motifs is 2. The molecule has 2 N–H and O–H groups in total. The van der Waals surface area contributed by atoms with E-state index in [1.165, 1.54) is 0 Å². The first-order valence-corrected chi connectivity index (χ1v) is 8.65. The molecule has 3 aliphatic rings. The SMILES string of the molecule is CC1(C)[C@H](O)C[C@@H]2O[C@]2(C)[C@]12C[C@H](Br)[C@@](C)(Cl)C[C@H]2O. The van der Waals surface area contributed by atoms with Crippen LogP contribution in [0.5, 0.6) is 0 Å². The summed E-state index contributed by atoms with van der Waals surface area (Å²) in [6.07, 6.45) is 0.899. The van der Waals surface area contributed by atoms with Crippen LogP contribution in [-0.4, -0.2) is 43.8 Å². The minimum absolute atomic E-state index is 0.0551. The lowest BCUT2D eigenvalue weighted by Crippen LogP contribution is -2.68. The van der Waals surface area contributed by atoms with E-state index in [4.69, 9.17) is 16.3 Å². The van der Waals surface area contributed by atoms with E-state index in [9.17, 15) is 10.2 Å². The third-order valence-corrected chi connectivity index (χ3v) is 8.58. The van der Waals surface area contributed by atoms with E-state index < -0.39 is 27.9 Å². The highest BCUT2D eigenvalue weighted by molar-refractivity contribution is 9.09. The Balaban J connectivity index is 2.08. The normalized spacial score (nSPS) is 61.2. The van der Waals surface area contributed by atoms with Crippen LogP contribution in [0.2, 0.25) is 0 Å². The van der Waals surface area contributed by atoms with Crippen LogP contribution in [0, 0.1) is 10.8 Å². The number of ether oxygens (including phenoxy) is 1. The van der Waals surface area contributed by atoms with Gasteiger partial charge in [0.05, 0.1) is 23.2 Å².